The van der Waals surface area contributed by atoms with E-state index in [0.717, 1.165) is 89.6 Å². The van der Waals surface area contributed by atoms with Crippen LogP contribution in [0.3, 0.4) is 0 Å². The number of hydrogen-bond donors (Lipinski definition) is 0. The summed E-state index contributed by atoms with van der Waals surface area (Å²) in [7, 11) is -3.13. The summed E-state index contributed by atoms with van der Waals surface area (Å²) in [6.07, 6.45) is 16.5. The Morgan fingerprint density at radius 1 is 0.515 bits per heavy atom. The van der Waals surface area contributed by atoms with Crippen LogP contribution in [-0.2, 0) is 28.9 Å². The van der Waals surface area contributed by atoms with Gasteiger partial charge in [-0.2, -0.15) is 0 Å². The monoisotopic (exact) mass is 482 g/mol. The SMILES string of the molecule is O=CC1CCCC(OC2CCC(S(=O)(=O)C3CCC(OC4CCCC(C=O)C4)CC3)CC2)C1. The molecule has 4 unspecified atom stereocenters. The van der Waals surface area contributed by atoms with Gasteiger partial charge < -0.3 is 19.1 Å². The molecule has 0 aromatic rings. The van der Waals surface area contributed by atoms with Crippen molar-refractivity contribution in [3.05, 3.63) is 0 Å². The maximum absolute atomic E-state index is 13.3. The Labute approximate surface area is 199 Å². The van der Waals surface area contributed by atoms with Crippen molar-refractivity contribution < 1.29 is 27.5 Å². The number of carbonyl (C=O) groups is 2. The molecule has 0 amide bonds. The number of rotatable bonds is 8. The van der Waals surface area contributed by atoms with Crippen LogP contribution in [0.15, 0.2) is 0 Å². The third-order valence-corrected chi connectivity index (χ3v) is 11.5. The summed E-state index contributed by atoms with van der Waals surface area (Å²) >= 11 is 0. The van der Waals surface area contributed by atoms with Crippen LogP contribution < -0.4 is 0 Å². The van der Waals surface area contributed by atoms with E-state index in [1.54, 1.807) is 0 Å². The van der Waals surface area contributed by atoms with Crippen LogP contribution in [0.1, 0.15) is 103 Å². The Morgan fingerprint density at radius 2 is 0.909 bits per heavy atom. The van der Waals surface area contributed by atoms with Crippen molar-refractivity contribution >= 4 is 22.4 Å². The van der Waals surface area contributed by atoms with Gasteiger partial charge in [0.2, 0.25) is 0 Å². The fourth-order valence-electron chi connectivity index (χ4n) is 6.67. The Kier molecular flexibility index (Phi) is 9.02. The highest BCUT2D eigenvalue weighted by Gasteiger charge is 2.40. The van der Waals surface area contributed by atoms with Gasteiger partial charge in [0.05, 0.1) is 34.9 Å². The van der Waals surface area contributed by atoms with Gasteiger partial charge in [0.1, 0.15) is 12.6 Å². The Morgan fingerprint density at radius 3 is 1.27 bits per heavy atom. The van der Waals surface area contributed by atoms with Gasteiger partial charge in [-0.25, -0.2) is 8.42 Å². The van der Waals surface area contributed by atoms with Crippen LogP contribution in [0.2, 0.25) is 0 Å². The molecule has 4 fully saturated rings. The van der Waals surface area contributed by atoms with Gasteiger partial charge in [-0.15, -0.1) is 0 Å². The van der Waals surface area contributed by atoms with Crippen molar-refractivity contribution in [1.82, 2.24) is 0 Å². The van der Waals surface area contributed by atoms with E-state index in [2.05, 4.69) is 0 Å². The van der Waals surface area contributed by atoms with Gasteiger partial charge in [-0.1, -0.05) is 12.8 Å². The van der Waals surface area contributed by atoms with E-state index >= 15 is 0 Å². The van der Waals surface area contributed by atoms with Gasteiger partial charge in [0, 0.05) is 11.8 Å². The summed E-state index contributed by atoms with van der Waals surface area (Å²) in [4.78, 5) is 22.2. The van der Waals surface area contributed by atoms with Gasteiger partial charge in [-0.3, -0.25) is 0 Å². The third-order valence-electron chi connectivity index (χ3n) is 8.66. The fraction of sp³-hybridized carbons (Fsp3) is 0.923. The first kappa shape index (κ1) is 25.3. The molecule has 0 saturated heterocycles. The number of ether oxygens (including phenoxy) is 2. The normalized spacial score (nSPS) is 40.7. The standard InChI is InChI=1S/C26H42O6S/c27-17-19-3-1-5-23(15-19)31-21-7-11-25(12-8-21)33(29,30)26-13-9-22(10-14-26)32-24-6-2-4-20(16-24)18-28/h17-26H,1-16H2. The molecule has 4 aliphatic carbocycles. The van der Waals surface area contributed by atoms with E-state index in [0.29, 0.717) is 25.7 Å². The molecule has 4 rings (SSSR count). The minimum absolute atomic E-state index is 0.129. The van der Waals surface area contributed by atoms with Gasteiger partial charge in [0.15, 0.2) is 9.84 Å². The molecular formula is C26H42O6S. The van der Waals surface area contributed by atoms with Crippen molar-refractivity contribution in [2.45, 2.75) is 138 Å². The molecule has 0 aromatic carbocycles. The van der Waals surface area contributed by atoms with Crippen molar-refractivity contribution in [1.29, 1.82) is 0 Å². The maximum atomic E-state index is 13.3. The number of hydrogen-bond acceptors (Lipinski definition) is 6. The Bertz CT molecular complexity index is 680. The predicted molar refractivity (Wildman–Crippen MR) is 127 cm³/mol. The smallest absolute Gasteiger partial charge is 0.156 e. The Hall–Kier alpha value is -0.790. The van der Waals surface area contributed by atoms with E-state index in [9.17, 15) is 18.0 Å². The summed E-state index contributed by atoms with van der Waals surface area (Å²) in [5.41, 5.74) is 0. The molecule has 188 valence electrons. The van der Waals surface area contributed by atoms with Crippen molar-refractivity contribution in [2.24, 2.45) is 11.8 Å². The van der Waals surface area contributed by atoms with Crippen LogP contribution in [0.25, 0.3) is 0 Å². The quantitative estimate of drug-likeness (QED) is 0.471. The van der Waals surface area contributed by atoms with Crippen molar-refractivity contribution in [2.75, 3.05) is 0 Å². The summed E-state index contributed by atoms with van der Waals surface area (Å²) in [6, 6.07) is 0. The molecule has 0 N–H and O–H groups in total. The minimum atomic E-state index is -3.13. The number of sulfone groups is 1. The summed E-state index contributed by atoms with van der Waals surface area (Å²) in [5.74, 6) is 0.258. The molecular weight excluding hydrogens is 440 g/mol. The summed E-state index contributed by atoms with van der Waals surface area (Å²) in [6.45, 7) is 0. The molecule has 7 heteroatoms. The lowest BCUT2D eigenvalue weighted by Gasteiger charge is -2.37. The maximum Gasteiger partial charge on any atom is 0.156 e. The van der Waals surface area contributed by atoms with E-state index < -0.39 is 9.84 Å². The molecule has 4 saturated carbocycles. The van der Waals surface area contributed by atoms with Gasteiger partial charge in [0.25, 0.3) is 0 Å². The molecule has 0 aromatic heterocycles. The average molecular weight is 483 g/mol. The van der Waals surface area contributed by atoms with E-state index in [1.807, 2.05) is 0 Å². The summed E-state index contributed by atoms with van der Waals surface area (Å²) < 4.78 is 39.2. The molecule has 4 aliphatic rings. The molecule has 0 bridgehead atoms. The molecule has 6 nitrogen and oxygen atoms in total. The number of carbonyl (C=O) groups excluding carboxylic acids is 2. The molecule has 0 aliphatic heterocycles. The first-order chi connectivity index (χ1) is 16.0. The first-order valence-electron chi connectivity index (χ1n) is 13.4. The highest BCUT2D eigenvalue weighted by molar-refractivity contribution is 7.92. The molecule has 0 spiro atoms. The van der Waals surface area contributed by atoms with E-state index in [4.69, 9.17) is 9.47 Å². The van der Waals surface area contributed by atoms with Gasteiger partial charge in [-0.05, 0) is 89.9 Å². The highest BCUT2D eigenvalue weighted by Crippen LogP contribution is 2.37. The molecule has 0 heterocycles. The number of aldehydes is 2. The molecule has 4 atom stereocenters. The zero-order valence-corrected chi connectivity index (χ0v) is 20.8. The third kappa shape index (κ3) is 6.66. The van der Waals surface area contributed by atoms with Crippen molar-refractivity contribution in [3.63, 3.8) is 0 Å². The van der Waals surface area contributed by atoms with Gasteiger partial charge >= 0.3 is 0 Å². The van der Waals surface area contributed by atoms with Crippen LogP contribution in [0.4, 0.5) is 0 Å². The topological polar surface area (TPSA) is 86.7 Å². The largest absolute Gasteiger partial charge is 0.375 e. The highest BCUT2D eigenvalue weighted by atomic mass is 32.2. The lowest BCUT2D eigenvalue weighted by atomic mass is 9.87. The minimum Gasteiger partial charge on any atom is -0.375 e. The fourth-order valence-corrected chi connectivity index (χ4v) is 9.07. The first-order valence-corrected chi connectivity index (χ1v) is 15.0. The molecule has 0 radical (unpaired) electrons. The lowest BCUT2D eigenvalue weighted by Crippen LogP contribution is -2.40. The summed E-state index contributed by atoms with van der Waals surface area (Å²) in [5, 5.41) is -0.471. The molecule has 33 heavy (non-hydrogen) atoms. The van der Waals surface area contributed by atoms with Crippen molar-refractivity contribution in [3.8, 4) is 0 Å². The second-order valence-corrected chi connectivity index (χ2v) is 13.5. The second-order valence-electron chi connectivity index (χ2n) is 11.0. The van der Waals surface area contributed by atoms with Crippen LogP contribution in [0, 0.1) is 11.8 Å². The van der Waals surface area contributed by atoms with Crippen LogP contribution >= 0.6 is 0 Å². The lowest BCUT2D eigenvalue weighted by molar-refractivity contribution is -0.116. The zero-order chi connectivity index (χ0) is 23.3. The zero-order valence-electron chi connectivity index (χ0n) is 19.9. The van der Waals surface area contributed by atoms with Crippen LogP contribution in [0.5, 0.6) is 0 Å². The van der Waals surface area contributed by atoms with Crippen LogP contribution in [-0.4, -0.2) is 55.9 Å². The van der Waals surface area contributed by atoms with E-state index in [-0.39, 0.29) is 46.8 Å². The van der Waals surface area contributed by atoms with E-state index in [1.165, 1.54) is 0 Å². The predicted octanol–water partition coefficient (Wildman–Crippen LogP) is 4.57. The Balaban J connectivity index is 1.19. The average Bonchev–Trinajstić information content (AvgIpc) is 2.85. The second kappa shape index (κ2) is 11.8.